The van der Waals surface area contributed by atoms with E-state index < -0.39 is 0 Å². The summed E-state index contributed by atoms with van der Waals surface area (Å²) in [6.07, 6.45) is 2.06. The number of nitrogens with one attached hydrogen (secondary N) is 2. The van der Waals surface area contributed by atoms with E-state index >= 15 is 0 Å². The van der Waals surface area contributed by atoms with Crippen LogP contribution in [0.4, 0.5) is 8.78 Å². The van der Waals surface area contributed by atoms with Gasteiger partial charge in [0.2, 0.25) is 5.91 Å². The van der Waals surface area contributed by atoms with Crippen LogP contribution in [-0.4, -0.2) is 24.2 Å². The number of carbonyl (C=O) groups excluding carboxylic acids is 1. The largest absolute Gasteiger partial charge is 0.356 e. The van der Waals surface area contributed by atoms with Crippen LogP contribution in [0.3, 0.4) is 0 Å². The normalized spacial score (nSPS) is 18.6. The topological polar surface area (TPSA) is 67.2 Å². The maximum atomic E-state index is 13.1. The minimum atomic E-state index is -0.294. The predicted molar refractivity (Wildman–Crippen MR) is 113 cm³/mol. The molecule has 0 radical (unpaired) electrons. The zero-order valence-corrected chi connectivity index (χ0v) is 17.1. The number of benzene rings is 2. The standard InChI is InChI=1S/C24H25F2N3O2/c25-20-5-1-16(2-6-20)14-28-24(30)12-18-9-10-27-15-19(18)11-22-13-23(31-29-22)17-3-7-21(26)8-4-17/h1-8,13,18-19,27H,9-12,14-15H2,(H,28,30)/t18-,19-/m0/s1. The van der Waals surface area contributed by atoms with Gasteiger partial charge >= 0.3 is 0 Å². The zero-order valence-electron chi connectivity index (χ0n) is 17.1. The molecule has 1 fully saturated rings. The molecule has 2 aromatic carbocycles. The van der Waals surface area contributed by atoms with Gasteiger partial charge in [-0.05, 0) is 79.7 Å². The van der Waals surface area contributed by atoms with E-state index in [4.69, 9.17) is 4.52 Å². The van der Waals surface area contributed by atoms with Crippen LogP contribution in [0, 0.1) is 23.5 Å². The Labute approximate surface area is 179 Å². The predicted octanol–water partition coefficient (Wildman–Crippen LogP) is 4.09. The molecule has 4 rings (SSSR count). The first kappa shape index (κ1) is 21.2. The molecule has 7 heteroatoms. The summed E-state index contributed by atoms with van der Waals surface area (Å²) in [5.74, 6) is 0.512. The van der Waals surface area contributed by atoms with Crippen molar-refractivity contribution in [1.82, 2.24) is 15.8 Å². The SMILES string of the molecule is O=C(C[C@@H]1CCNC[C@@H]1Cc1cc(-c2ccc(F)cc2)on1)NCc1ccc(F)cc1. The second kappa shape index (κ2) is 9.83. The van der Waals surface area contributed by atoms with Crippen LogP contribution in [0.2, 0.25) is 0 Å². The van der Waals surface area contributed by atoms with Gasteiger partial charge in [0.15, 0.2) is 5.76 Å². The van der Waals surface area contributed by atoms with Crippen LogP contribution in [0.1, 0.15) is 24.1 Å². The summed E-state index contributed by atoms with van der Waals surface area (Å²) in [5, 5.41) is 10.5. The van der Waals surface area contributed by atoms with Crippen molar-refractivity contribution in [3.05, 3.63) is 77.5 Å². The van der Waals surface area contributed by atoms with Gasteiger partial charge in [0, 0.05) is 24.6 Å². The Bertz CT molecular complexity index is 1000. The van der Waals surface area contributed by atoms with Gasteiger partial charge in [0.1, 0.15) is 11.6 Å². The molecule has 2 atom stereocenters. The van der Waals surface area contributed by atoms with Gasteiger partial charge in [0.25, 0.3) is 0 Å². The lowest BCUT2D eigenvalue weighted by atomic mass is 9.81. The summed E-state index contributed by atoms with van der Waals surface area (Å²) in [6.45, 7) is 2.08. The second-order valence-corrected chi connectivity index (χ2v) is 8.01. The molecule has 2 N–H and O–H groups in total. The average Bonchev–Trinajstić information content (AvgIpc) is 3.24. The molecule has 0 spiro atoms. The van der Waals surface area contributed by atoms with E-state index in [1.54, 1.807) is 24.3 Å². The smallest absolute Gasteiger partial charge is 0.220 e. The lowest BCUT2D eigenvalue weighted by molar-refractivity contribution is -0.122. The van der Waals surface area contributed by atoms with Crippen molar-refractivity contribution >= 4 is 5.91 Å². The molecule has 2 heterocycles. The molecule has 1 aromatic heterocycles. The molecule has 162 valence electrons. The molecule has 1 aliphatic rings. The maximum absolute atomic E-state index is 13.1. The molecular formula is C24H25F2N3O2. The highest BCUT2D eigenvalue weighted by molar-refractivity contribution is 5.76. The minimum absolute atomic E-state index is 0.00613. The van der Waals surface area contributed by atoms with Gasteiger partial charge < -0.3 is 15.2 Å². The molecule has 1 aliphatic heterocycles. The molecule has 31 heavy (non-hydrogen) atoms. The Balaban J connectivity index is 1.33. The number of hydrogen-bond donors (Lipinski definition) is 2. The fourth-order valence-electron chi connectivity index (χ4n) is 4.02. The van der Waals surface area contributed by atoms with Crippen LogP contribution in [0.5, 0.6) is 0 Å². The van der Waals surface area contributed by atoms with Crippen molar-refractivity contribution in [3.63, 3.8) is 0 Å². The lowest BCUT2D eigenvalue weighted by Crippen LogP contribution is -2.40. The first-order valence-electron chi connectivity index (χ1n) is 10.5. The molecular weight excluding hydrogens is 400 g/mol. The van der Waals surface area contributed by atoms with Crippen molar-refractivity contribution in [2.24, 2.45) is 11.8 Å². The maximum Gasteiger partial charge on any atom is 0.220 e. The van der Waals surface area contributed by atoms with E-state index in [0.29, 0.717) is 25.1 Å². The van der Waals surface area contributed by atoms with Gasteiger partial charge in [-0.1, -0.05) is 17.3 Å². The number of nitrogens with zero attached hydrogens (tertiary/aromatic N) is 1. The number of piperidine rings is 1. The van der Waals surface area contributed by atoms with E-state index in [0.717, 1.165) is 36.3 Å². The molecule has 0 unspecified atom stereocenters. The highest BCUT2D eigenvalue weighted by Gasteiger charge is 2.28. The van der Waals surface area contributed by atoms with Gasteiger partial charge in [-0.3, -0.25) is 4.79 Å². The Kier molecular flexibility index (Phi) is 6.72. The van der Waals surface area contributed by atoms with E-state index in [1.807, 2.05) is 6.07 Å². The molecule has 1 amide bonds. The summed E-state index contributed by atoms with van der Waals surface area (Å²) in [6, 6.07) is 14.1. The first-order valence-corrected chi connectivity index (χ1v) is 10.5. The van der Waals surface area contributed by atoms with Crippen LogP contribution < -0.4 is 10.6 Å². The fraction of sp³-hybridized carbons (Fsp3) is 0.333. The summed E-state index contributed by atoms with van der Waals surface area (Å²) in [4.78, 5) is 12.5. The summed E-state index contributed by atoms with van der Waals surface area (Å²) >= 11 is 0. The second-order valence-electron chi connectivity index (χ2n) is 8.01. The third-order valence-electron chi connectivity index (χ3n) is 5.77. The number of aromatic nitrogens is 1. The van der Waals surface area contributed by atoms with Gasteiger partial charge in [-0.25, -0.2) is 8.78 Å². The zero-order chi connectivity index (χ0) is 21.6. The Morgan fingerprint density at radius 2 is 1.77 bits per heavy atom. The monoisotopic (exact) mass is 425 g/mol. The third kappa shape index (κ3) is 5.76. The average molecular weight is 425 g/mol. The van der Waals surface area contributed by atoms with E-state index in [2.05, 4.69) is 15.8 Å². The van der Waals surface area contributed by atoms with Gasteiger partial charge in [-0.2, -0.15) is 0 Å². The van der Waals surface area contributed by atoms with Gasteiger partial charge in [-0.15, -0.1) is 0 Å². The number of amides is 1. The van der Waals surface area contributed by atoms with Crippen LogP contribution in [-0.2, 0) is 17.8 Å². The van der Waals surface area contributed by atoms with Crippen molar-refractivity contribution in [2.75, 3.05) is 13.1 Å². The van der Waals surface area contributed by atoms with Crippen LogP contribution in [0.15, 0.2) is 59.1 Å². The Morgan fingerprint density at radius 3 is 2.52 bits per heavy atom. The first-order chi connectivity index (χ1) is 15.1. The Hall–Kier alpha value is -3.06. The third-order valence-corrected chi connectivity index (χ3v) is 5.77. The highest BCUT2D eigenvalue weighted by atomic mass is 19.1. The summed E-state index contributed by atoms with van der Waals surface area (Å²) in [5.41, 5.74) is 2.47. The molecule has 1 saturated heterocycles. The van der Waals surface area contributed by atoms with Crippen molar-refractivity contribution < 1.29 is 18.1 Å². The van der Waals surface area contributed by atoms with Crippen molar-refractivity contribution in [3.8, 4) is 11.3 Å². The van der Waals surface area contributed by atoms with Crippen LogP contribution >= 0.6 is 0 Å². The van der Waals surface area contributed by atoms with E-state index in [9.17, 15) is 13.6 Å². The minimum Gasteiger partial charge on any atom is -0.356 e. The van der Waals surface area contributed by atoms with E-state index in [-0.39, 0.29) is 29.4 Å². The summed E-state index contributed by atoms with van der Waals surface area (Å²) in [7, 11) is 0. The quantitative estimate of drug-likeness (QED) is 0.598. The number of carbonyl (C=O) groups is 1. The molecule has 0 aliphatic carbocycles. The highest BCUT2D eigenvalue weighted by Crippen LogP contribution is 2.28. The van der Waals surface area contributed by atoms with Crippen LogP contribution in [0.25, 0.3) is 11.3 Å². The molecule has 0 bridgehead atoms. The number of halogens is 2. The fourth-order valence-corrected chi connectivity index (χ4v) is 4.02. The Morgan fingerprint density at radius 1 is 1.06 bits per heavy atom. The van der Waals surface area contributed by atoms with Gasteiger partial charge in [0.05, 0.1) is 5.69 Å². The molecule has 5 nitrogen and oxygen atoms in total. The van der Waals surface area contributed by atoms with Crippen molar-refractivity contribution in [2.45, 2.75) is 25.8 Å². The van der Waals surface area contributed by atoms with Crippen molar-refractivity contribution in [1.29, 1.82) is 0 Å². The summed E-state index contributed by atoms with van der Waals surface area (Å²) < 4.78 is 31.6. The number of rotatable bonds is 7. The van der Waals surface area contributed by atoms with E-state index in [1.165, 1.54) is 24.3 Å². The molecule has 0 saturated carbocycles. The molecule has 3 aromatic rings. The lowest BCUT2D eigenvalue weighted by Gasteiger charge is -2.31. The number of hydrogen-bond acceptors (Lipinski definition) is 4.